The first-order valence-corrected chi connectivity index (χ1v) is 8.33. The Bertz CT molecular complexity index is 924. The molecule has 0 atom stereocenters. The Balaban J connectivity index is 2.02. The van der Waals surface area contributed by atoms with Crippen molar-refractivity contribution in [3.05, 3.63) is 57.3 Å². The minimum Gasteiger partial charge on any atom is -0.277 e. The minimum absolute atomic E-state index is 0.746. The molecule has 2 heterocycles. The molecular formula is C15H8ClIN2S. The van der Waals surface area contributed by atoms with Crippen LogP contribution in [0.4, 0.5) is 0 Å². The Hall–Kier alpha value is -1.11. The van der Waals surface area contributed by atoms with E-state index in [2.05, 4.69) is 51.3 Å². The first kappa shape index (κ1) is 12.6. The molecule has 0 N–H and O–H groups in total. The second kappa shape index (κ2) is 4.72. The summed E-state index contributed by atoms with van der Waals surface area (Å²) in [5.41, 5.74) is 3.32. The first-order valence-electron chi connectivity index (χ1n) is 6.05. The number of imidazole rings is 1. The van der Waals surface area contributed by atoms with Crippen LogP contribution >= 0.6 is 45.5 Å². The van der Waals surface area contributed by atoms with Crippen molar-refractivity contribution in [3.8, 4) is 11.3 Å². The van der Waals surface area contributed by atoms with Gasteiger partial charge in [0.15, 0.2) is 4.96 Å². The maximum Gasteiger partial charge on any atom is 0.196 e. The summed E-state index contributed by atoms with van der Waals surface area (Å²) < 4.78 is 4.61. The molecule has 2 nitrogen and oxygen atoms in total. The van der Waals surface area contributed by atoms with Crippen LogP contribution in [0.3, 0.4) is 0 Å². The summed E-state index contributed by atoms with van der Waals surface area (Å²) >= 11 is 10.0. The molecule has 2 aromatic carbocycles. The Labute approximate surface area is 138 Å². The molecule has 0 spiro atoms. The lowest BCUT2D eigenvalue weighted by Crippen LogP contribution is -1.85. The van der Waals surface area contributed by atoms with Crippen LogP contribution in [0.25, 0.3) is 26.4 Å². The molecule has 98 valence electrons. The van der Waals surface area contributed by atoms with E-state index in [0.29, 0.717) is 0 Å². The monoisotopic (exact) mass is 410 g/mol. The average Bonchev–Trinajstić information content (AvgIpc) is 2.97. The second-order valence-corrected chi connectivity index (χ2v) is 6.91. The van der Waals surface area contributed by atoms with E-state index >= 15 is 0 Å². The fourth-order valence-electron chi connectivity index (χ4n) is 2.28. The van der Waals surface area contributed by atoms with Crippen LogP contribution in [0.1, 0.15) is 0 Å². The summed E-state index contributed by atoms with van der Waals surface area (Å²) in [6.07, 6.45) is 0. The summed E-state index contributed by atoms with van der Waals surface area (Å²) in [5.74, 6) is 0. The van der Waals surface area contributed by atoms with Gasteiger partial charge in [0.1, 0.15) is 9.39 Å². The lowest BCUT2D eigenvalue weighted by atomic mass is 10.2. The van der Waals surface area contributed by atoms with Crippen LogP contribution in [0.5, 0.6) is 0 Å². The van der Waals surface area contributed by atoms with E-state index in [1.807, 2.05) is 24.3 Å². The molecule has 4 rings (SSSR count). The number of thiazole rings is 1. The van der Waals surface area contributed by atoms with E-state index in [1.54, 1.807) is 11.3 Å². The molecule has 4 aromatic rings. The molecule has 0 radical (unpaired) electrons. The van der Waals surface area contributed by atoms with E-state index in [0.717, 1.165) is 24.9 Å². The van der Waals surface area contributed by atoms with Crippen molar-refractivity contribution in [3.63, 3.8) is 0 Å². The predicted octanol–water partition coefficient (Wildman–Crippen LogP) is 5.47. The highest BCUT2D eigenvalue weighted by Crippen LogP contribution is 2.33. The van der Waals surface area contributed by atoms with E-state index in [4.69, 9.17) is 16.6 Å². The fraction of sp³-hybridized carbons (Fsp3) is 0. The Morgan fingerprint density at radius 1 is 1.05 bits per heavy atom. The molecule has 0 saturated heterocycles. The van der Waals surface area contributed by atoms with Gasteiger partial charge in [-0.1, -0.05) is 47.2 Å². The molecule has 5 heteroatoms. The number of para-hydroxylation sites is 1. The van der Waals surface area contributed by atoms with Crippen LogP contribution in [-0.4, -0.2) is 9.38 Å². The summed E-state index contributed by atoms with van der Waals surface area (Å²) in [5, 5.41) is 0.746. The largest absolute Gasteiger partial charge is 0.277 e. The number of benzene rings is 2. The number of aromatic nitrogens is 2. The van der Waals surface area contributed by atoms with Crippen molar-refractivity contribution in [2.45, 2.75) is 0 Å². The predicted molar refractivity (Wildman–Crippen MR) is 93.7 cm³/mol. The van der Waals surface area contributed by atoms with Crippen molar-refractivity contribution in [2.75, 3.05) is 0 Å². The van der Waals surface area contributed by atoms with Gasteiger partial charge in [-0.15, -0.1) is 0 Å². The molecule has 0 aliphatic carbocycles. The van der Waals surface area contributed by atoms with E-state index in [-0.39, 0.29) is 0 Å². The number of hydrogen-bond donors (Lipinski definition) is 0. The molecule has 0 unspecified atom stereocenters. The third-order valence-corrected chi connectivity index (χ3v) is 5.48. The van der Waals surface area contributed by atoms with Crippen molar-refractivity contribution < 1.29 is 0 Å². The number of nitrogens with zero attached hydrogens (tertiary/aromatic N) is 2. The first-order chi connectivity index (χ1) is 9.74. The number of halogens is 2. The van der Waals surface area contributed by atoms with E-state index < -0.39 is 0 Å². The third kappa shape index (κ3) is 1.86. The van der Waals surface area contributed by atoms with E-state index in [9.17, 15) is 0 Å². The molecule has 0 aliphatic rings. The summed E-state index contributed by atoms with van der Waals surface area (Å²) in [7, 11) is 0. The SMILES string of the molecule is Clc1ccc(-c2nc3sc4ccccc4n3c2I)cc1. The summed E-state index contributed by atoms with van der Waals surface area (Å²) in [6, 6.07) is 16.2. The molecule has 0 bridgehead atoms. The van der Waals surface area contributed by atoms with Crippen LogP contribution in [-0.2, 0) is 0 Å². The van der Waals surface area contributed by atoms with Gasteiger partial charge in [-0.3, -0.25) is 4.40 Å². The standard InChI is InChI=1S/C15H8ClIN2S/c16-10-7-5-9(6-8-10)13-14(17)19-11-3-1-2-4-12(11)20-15(19)18-13/h1-8H. The van der Waals surface area contributed by atoms with Gasteiger partial charge in [-0.05, 0) is 46.9 Å². The summed E-state index contributed by atoms with van der Waals surface area (Å²) in [4.78, 5) is 5.81. The zero-order chi connectivity index (χ0) is 13.7. The topological polar surface area (TPSA) is 17.3 Å². The normalized spacial score (nSPS) is 11.5. The highest BCUT2D eigenvalue weighted by Gasteiger charge is 2.15. The van der Waals surface area contributed by atoms with Crippen LogP contribution in [0.15, 0.2) is 48.5 Å². The number of rotatable bonds is 1. The molecule has 2 aromatic heterocycles. The van der Waals surface area contributed by atoms with Gasteiger partial charge < -0.3 is 0 Å². The number of fused-ring (bicyclic) bond motifs is 3. The van der Waals surface area contributed by atoms with Gasteiger partial charge in [-0.25, -0.2) is 4.98 Å². The van der Waals surface area contributed by atoms with Gasteiger partial charge in [0, 0.05) is 10.6 Å². The smallest absolute Gasteiger partial charge is 0.196 e. The molecule has 0 aliphatic heterocycles. The fourth-order valence-corrected chi connectivity index (χ4v) is 4.51. The summed E-state index contributed by atoms with van der Waals surface area (Å²) in [6.45, 7) is 0. The third-order valence-electron chi connectivity index (χ3n) is 3.22. The maximum atomic E-state index is 5.95. The highest BCUT2D eigenvalue weighted by molar-refractivity contribution is 14.1. The van der Waals surface area contributed by atoms with Gasteiger partial charge in [0.05, 0.1) is 10.2 Å². The second-order valence-electron chi connectivity index (χ2n) is 4.45. The average molecular weight is 411 g/mol. The lowest BCUT2D eigenvalue weighted by Gasteiger charge is -1.99. The Morgan fingerprint density at radius 2 is 1.80 bits per heavy atom. The molecular weight excluding hydrogens is 403 g/mol. The van der Waals surface area contributed by atoms with Crippen molar-refractivity contribution in [1.82, 2.24) is 9.38 Å². The van der Waals surface area contributed by atoms with Crippen molar-refractivity contribution >= 4 is 60.7 Å². The van der Waals surface area contributed by atoms with Gasteiger partial charge >= 0.3 is 0 Å². The number of hydrogen-bond acceptors (Lipinski definition) is 2. The molecule has 0 amide bonds. The molecule has 0 saturated carbocycles. The van der Waals surface area contributed by atoms with Crippen LogP contribution < -0.4 is 0 Å². The van der Waals surface area contributed by atoms with Crippen LogP contribution in [0.2, 0.25) is 5.02 Å². The van der Waals surface area contributed by atoms with Gasteiger partial charge in [0.25, 0.3) is 0 Å². The lowest BCUT2D eigenvalue weighted by molar-refractivity contribution is 1.25. The molecule has 0 fully saturated rings. The van der Waals surface area contributed by atoms with Crippen molar-refractivity contribution in [2.24, 2.45) is 0 Å². The zero-order valence-electron chi connectivity index (χ0n) is 10.2. The Kier molecular flexibility index (Phi) is 2.98. The van der Waals surface area contributed by atoms with Gasteiger partial charge in [0.2, 0.25) is 0 Å². The highest BCUT2D eigenvalue weighted by atomic mass is 127. The van der Waals surface area contributed by atoms with Gasteiger partial charge in [-0.2, -0.15) is 0 Å². The van der Waals surface area contributed by atoms with Crippen LogP contribution in [0, 0.1) is 3.70 Å². The van der Waals surface area contributed by atoms with E-state index in [1.165, 1.54) is 10.2 Å². The molecule has 20 heavy (non-hydrogen) atoms. The quantitative estimate of drug-likeness (QED) is 0.380. The maximum absolute atomic E-state index is 5.95. The zero-order valence-corrected chi connectivity index (χ0v) is 13.9. The van der Waals surface area contributed by atoms with Crippen molar-refractivity contribution in [1.29, 1.82) is 0 Å². The minimum atomic E-state index is 0.746. The Morgan fingerprint density at radius 3 is 2.60 bits per heavy atom.